The van der Waals surface area contributed by atoms with Crippen molar-refractivity contribution in [2.45, 2.75) is 19.8 Å². The van der Waals surface area contributed by atoms with Gasteiger partial charge in [0.05, 0.1) is 0 Å². The van der Waals surface area contributed by atoms with Gasteiger partial charge in [-0.05, 0) is 24.1 Å². The molecular weight excluding hydrogens is 289 g/mol. The molecule has 1 aromatic carbocycles. The number of aromatic nitrogens is 1. The van der Waals surface area contributed by atoms with Gasteiger partial charge >= 0.3 is 0 Å². The van der Waals surface area contributed by atoms with E-state index in [2.05, 4.69) is 34.8 Å². The fraction of sp³-hybridized carbons (Fsp3) is 0.250. The summed E-state index contributed by atoms with van der Waals surface area (Å²) in [6.45, 7) is 4.21. The van der Waals surface area contributed by atoms with Crippen molar-refractivity contribution in [2.75, 3.05) is 0 Å². The number of nitrogens with zero attached hydrogens (tertiary/aromatic N) is 1. The van der Waals surface area contributed by atoms with Crippen LogP contribution in [0.25, 0.3) is 10.6 Å². The predicted molar refractivity (Wildman–Crippen MR) is 69.3 cm³/mol. The average Bonchev–Trinajstić information content (AvgIpc) is 2.66. The molecule has 0 amide bonds. The Morgan fingerprint density at radius 2 is 2.12 bits per heavy atom. The van der Waals surface area contributed by atoms with E-state index in [0.29, 0.717) is 11.5 Å². The molecule has 0 atom stereocenters. The van der Waals surface area contributed by atoms with Crippen molar-refractivity contribution in [3.8, 4) is 10.6 Å². The molecule has 0 radical (unpaired) electrons. The summed E-state index contributed by atoms with van der Waals surface area (Å²) in [5, 5.41) is 0.744. The zero-order chi connectivity index (χ0) is 11.7. The highest BCUT2D eigenvalue weighted by molar-refractivity contribution is 9.10. The first kappa shape index (κ1) is 11.7. The number of hydrogen-bond donors (Lipinski definition) is 0. The van der Waals surface area contributed by atoms with Gasteiger partial charge in [0.25, 0.3) is 0 Å². The lowest BCUT2D eigenvalue weighted by molar-refractivity contribution is 0.630. The van der Waals surface area contributed by atoms with Crippen LogP contribution in [0.3, 0.4) is 0 Å². The predicted octanol–water partition coefficient (Wildman–Crippen LogP) is 4.84. The zero-order valence-corrected chi connectivity index (χ0v) is 11.4. The van der Waals surface area contributed by atoms with Crippen LogP contribution in [0.2, 0.25) is 0 Å². The lowest BCUT2D eigenvalue weighted by atomic mass is 10.2. The summed E-state index contributed by atoms with van der Waals surface area (Å²) in [7, 11) is 0. The summed E-state index contributed by atoms with van der Waals surface area (Å²) in [5.41, 5.74) is 0.570. The lowest BCUT2D eigenvalue weighted by Crippen LogP contribution is -1.82. The summed E-state index contributed by atoms with van der Waals surface area (Å²) in [6.07, 6.45) is 1.83. The normalized spacial score (nSPS) is 11.1. The van der Waals surface area contributed by atoms with Crippen LogP contribution in [0.1, 0.15) is 24.6 Å². The van der Waals surface area contributed by atoms with Crippen LogP contribution in [0, 0.1) is 5.82 Å². The molecule has 0 unspecified atom stereocenters. The Morgan fingerprint density at radius 1 is 1.38 bits per heavy atom. The zero-order valence-electron chi connectivity index (χ0n) is 9.00. The monoisotopic (exact) mass is 299 g/mol. The van der Waals surface area contributed by atoms with Crippen LogP contribution in [-0.2, 0) is 0 Å². The van der Waals surface area contributed by atoms with E-state index in [1.165, 1.54) is 10.9 Å². The van der Waals surface area contributed by atoms with Crippen molar-refractivity contribution in [3.63, 3.8) is 0 Å². The van der Waals surface area contributed by atoms with E-state index in [-0.39, 0.29) is 5.82 Å². The highest BCUT2D eigenvalue weighted by atomic mass is 79.9. The first-order valence-electron chi connectivity index (χ1n) is 4.99. The van der Waals surface area contributed by atoms with Crippen molar-refractivity contribution >= 4 is 27.3 Å². The van der Waals surface area contributed by atoms with Gasteiger partial charge in [0.2, 0.25) is 0 Å². The fourth-order valence-corrected chi connectivity index (χ4v) is 2.62. The third kappa shape index (κ3) is 2.33. The van der Waals surface area contributed by atoms with Gasteiger partial charge < -0.3 is 0 Å². The summed E-state index contributed by atoms with van der Waals surface area (Å²) in [6, 6.07) is 5.04. The summed E-state index contributed by atoms with van der Waals surface area (Å²) >= 11 is 4.79. The van der Waals surface area contributed by atoms with Crippen molar-refractivity contribution in [1.29, 1.82) is 0 Å². The van der Waals surface area contributed by atoms with E-state index in [0.717, 1.165) is 9.48 Å². The first-order chi connectivity index (χ1) is 7.58. The average molecular weight is 300 g/mol. The summed E-state index contributed by atoms with van der Waals surface area (Å²) in [5.74, 6) is 0.198. The van der Waals surface area contributed by atoms with Gasteiger partial charge in [0, 0.05) is 21.1 Å². The maximum absolute atomic E-state index is 13.7. The Hall–Kier alpha value is -0.740. The SMILES string of the molecule is CC(C)c1cnc(-c2ccc(Br)cc2F)s1. The second kappa shape index (κ2) is 4.63. The molecule has 0 N–H and O–H groups in total. The smallest absolute Gasteiger partial charge is 0.134 e. The quantitative estimate of drug-likeness (QED) is 0.773. The van der Waals surface area contributed by atoms with Crippen LogP contribution in [0.5, 0.6) is 0 Å². The molecule has 0 fully saturated rings. The van der Waals surface area contributed by atoms with Gasteiger partial charge in [-0.3, -0.25) is 0 Å². The van der Waals surface area contributed by atoms with Crippen molar-refractivity contribution in [3.05, 3.63) is 39.6 Å². The lowest BCUT2D eigenvalue weighted by Gasteiger charge is -2.00. The summed E-state index contributed by atoms with van der Waals surface area (Å²) < 4.78 is 14.4. The maximum atomic E-state index is 13.7. The van der Waals surface area contributed by atoms with E-state index >= 15 is 0 Å². The highest BCUT2D eigenvalue weighted by Crippen LogP contribution is 2.31. The second-order valence-electron chi connectivity index (χ2n) is 3.85. The number of benzene rings is 1. The number of hydrogen-bond acceptors (Lipinski definition) is 2. The van der Waals surface area contributed by atoms with Crippen LogP contribution < -0.4 is 0 Å². The van der Waals surface area contributed by atoms with Crippen molar-refractivity contribution in [2.24, 2.45) is 0 Å². The molecule has 0 bridgehead atoms. The van der Waals surface area contributed by atoms with Gasteiger partial charge in [0.15, 0.2) is 0 Å². The van der Waals surface area contributed by atoms with Gasteiger partial charge in [-0.15, -0.1) is 11.3 Å². The molecule has 0 aliphatic rings. The van der Waals surface area contributed by atoms with Crippen LogP contribution in [0.4, 0.5) is 4.39 Å². The molecule has 0 aliphatic carbocycles. The molecule has 0 saturated heterocycles. The van der Waals surface area contributed by atoms with Gasteiger partial charge in [-0.2, -0.15) is 0 Å². The largest absolute Gasteiger partial charge is 0.244 e. The molecule has 1 aromatic heterocycles. The van der Waals surface area contributed by atoms with E-state index in [9.17, 15) is 4.39 Å². The molecule has 0 aliphatic heterocycles. The van der Waals surface area contributed by atoms with E-state index in [1.54, 1.807) is 17.4 Å². The van der Waals surface area contributed by atoms with Crippen LogP contribution in [-0.4, -0.2) is 4.98 Å². The fourth-order valence-electron chi connectivity index (χ4n) is 1.34. The van der Waals surface area contributed by atoms with Crippen LogP contribution >= 0.6 is 27.3 Å². The minimum Gasteiger partial charge on any atom is -0.244 e. The number of thiazole rings is 1. The minimum atomic E-state index is -0.237. The van der Waals surface area contributed by atoms with Gasteiger partial charge in [-0.25, -0.2) is 9.37 Å². The molecule has 1 heterocycles. The molecule has 2 aromatic rings. The Bertz CT molecular complexity index is 507. The van der Waals surface area contributed by atoms with E-state index < -0.39 is 0 Å². The number of rotatable bonds is 2. The Balaban J connectivity index is 2.42. The first-order valence-corrected chi connectivity index (χ1v) is 6.60. The molecule has 84 valence electrons. The third-order valence-electron chi connectivity index (χ3n) is 2.25. The standard InChI is InChI=1S/C12H11BrFNS/c1-7(2)11-6-15-12(16-11)9-4-3-8(13)5-10(9)14/h3-7H,1-2H3. The summed E-state index contributed by atoms with van der Waals surface area (Å²) in [4.78, 5) is 5.44. The second-order valence-corrected chi connectivity index (χ2v) is 5.82. The Labute approximate surface area is 106 Å². The Morgan fingerprint density at radius 3 is 2.69 bits per heavy atom. The van der Waals surface area contributed by atoms with Gasteiger partial charge in [-0.1, -0.05) is 29.8 Å². The number of halogens is 2. The maximum Gasteiger partial charge on any atom is 0.134 e. The topological polar surface area (TPSA) is 12.9 Å². The third-order valence-corrected chi connectivity index (χ3v) is 4.08. The Kier molecular flexibility index (Phi) is 3.40. The minimum absolute atomic E-state index is 0.237. The highest BCUT2D eigenvalue weighted by Gasteiger charge is 2.11. The molecule has 0 spiro atoms. The van der Waals surface area contributed by atoms with Crippen LogP contribution in [0.15, 0.2) is 28.9 Å². The molecular formula is C12H11BrFNS. The van der Waals surface area contributed by atoms with Gasteiger partial charge in [0.1, 0.15) is 10.8 Å². The molecule has 1 nitrogen and oxygen atoms in total. The molecule has 16 heavy (non-hydrogen) atoms. The molecule has 2 rings (SSSR count). The van der Waals surface area contributed by atoms with E-state index in [1.807, 2.05) is 12.3 Å². The van der Waals surface area contributed by atoms with E-state index in [4.69, 9.17) is 0 Å². The molecule has 0 saturated carbocycles. The molecule has 4 heteroatoms. The van der Waals surface area contributed by atoms with Crippen molar-refractivity contribution in [1.82, 2.24) is 4.98 Å². The van der Waals surface area contributed by atoms with Crippen molar-refractivity contribution < 1.29 is 4.39 Å².